The van der Waals surface area contributed by atoms with Gasteiger partial charge in [0.05, 0.1) is 11.8 Å². The predicted molar refractivity (Wildman–Crippen MR) is 63.1 cm³/mol. The molecule has 2 rings (SSSR count). The molecule has 86 valence electrons. The van der Waals surface area contributed by atoms with Crippen molar-refractivity contribution >= 4 is 23.2 Å². The van der Waals surface area contributed by atoms with Gasteiger partial charge < -0.3 is 10.4 Å². The van der Waals surface area contributed by atoms with Crippen LogP contribution in [-0.2, 0) is 0 Å². The van der Waals surface area contributed by atoms with Gasteiger partial charge in [0.2, 0.25) is 0 Å². The first-order chi connectivity index (χ1) is 8.16. The summed E-state index contributed by atoms with van der Waals surface area (Å²) in [6.07, 6.45) is 4.10. The summed E-state index contributed by atoms with van der Waals surface area (Å²) in [5.41, 5.74) is 0.652. The Morgan fingerprint density at radius 2 is 2.18 bits per heavy atom. The topological polar surface area (TPSA) is 75.1 Å². The second kappa shape index (κ2) is 4.80. The van der Waals surface area contributed by atoms with Crippen LogP contribution in [0, 0.1) is 0 Å². The van der Waals surface area contributed by atoms with Crippen LogP contribution in [0.4, 0.5) is 5.69 Å². The minimum absolute atomic E-state index is 0.146. The molecule has 1 amide bonds. The van der Waals surface area contributed by atoms with E-state index in [-0.39, 0.29) is 16.5 Å². The summed E-state index contributed by atoms with van der Waals surface area (Å²) in [4.78, 5) is 19.3. The molecule has 0 aliphatic heterocycles. The van der Waals surface area contributed by atoms with E-state index < -0.39 is 5.91 Å². The monoisotopic (exact) mass is 249 g/mol. The quantitative estimate of drug-likeness (QED) is 0.799. The maximum atomic E-state index is 11.8. The van der Waals surface area contributed by atoms with E-state index in [1.807, 2.05) is 0 Å². The Balaban J connectivity index is 2.20. The van der Waals surface area contributed by atoms with Crippen molar-refractivity contribution in [2.45, 2.75) is 0 Å². The Morgan fingerprint density at radius 3 is 2.88 bits per heavy atom. The standard InChI is InChI=1S/C11H8ClN3O2/c12-10-5-7(1-4-14-10)15-11(17)8-2-3-13-6-9(8)16/h1-6,16H,(H,14,15,17). The number of pyridine rings is 2. The molecular formula is C11H8ClN3O2. The van der Waals surface area contributed by atoms with Gasteiger partial charge in [-0.05, 0) is 18.2 Å². The number of nitrogens with one attached hydrogen (secondary N) is 1. The van der Waals surface area contributed by atoms with E-state index in [0.717, 1.165) is 0 Å². The molecule has 0 fully saturated rings. The zero-order chi connectivity index (χ0) is 12.3. The number of rotatable bonds is 2. The molecule has 0 radical (unpaired) electrons. The Kier molecular flexibility index (Phi) is 3.20. The zero-order valence-corrected chi connectivity index (χ0v) is 9.35. The maximum absolute atomic E-state index is 11.8. The van der Waals surface area contributed by atoms with Crippen molar-refractivity contribution < 1.29 is 9.90 Å². The molecule has 0 atom stereocenters. The average molecular weight is 250 g/mol. The van der Waals surface area contributed by atoms with Crippen molar-refractivity contribution in [2.24, 2.45) is 0 Å². The fourth-order valence-corrected chi connectivity index (χ4v) is 1.43. The molecular weight excluding hydrogens is 242 g/mol. The normalized spacial score (nSPS) is 9.94. The van der Waals surface area contributed by atoms with E-state index in [1.165, 1.54) is 30.7 Å². The van der Waals surface area contributed by atoms with Crippen LogP contribution in [0.15, 0.2) is 36.8 Å². The van der Waals surface area contributed by atoms with E-state index in [1.54, 1.807) is 6.07 Å². The number of carbonyl (C=O) groups excluding carboxylic acids is 1. The number of carbonyl (C=O) groups is 1. The molecule has 2 heterocycles. The minimum atomic E-state index is -0.438. The van der Waals surface area contributed by atoms with Crippen LogP contribution >= 0.6 is 11.6 Å². The maximum Gasteiger partial charge on any atom is 0.259 e. The second-order valence-corrected chi connectivity index (χ2v) is 3.60. The SMILES string of the molecule is O=C(Nc1ccnc(Cl)c1)c1ccncc1O. The molecule has 2 aromatic heterocycles. The highest BCUT2D eigenvalue weighted by atomic mass is 35.5. The van der Waals surface area contributed by atoms with Crippen molar-refractivity contribution in [2.75, 3.05) is 5.32 Å². The van der Waals surface area contributed by atoms with Gasteiger partial charge in [0, 0.05) is 18.1 Å². The minimum Gasteiger partial charge on any atom is -0.505 e. The highest BCUT2D eigenvalue weighted by Gasteiger charge is 2.10. The molecule has 2 aromatic rings. The lowest BCUT2D eigenvalue weighted by atomic mass is 10.2. The smallest absolute Gasteiger partial charge is 0.259 e. The summed E-state index contributed by atoms with van der Waals surface area (Å²) in [6.45, 7) is 0. The lowest BCUT2D eigenvalue weighted by molar-refractivity contribution is 0.102. The highest BCUT2D eigenvalue weighted by molar-refractivity contribution is 6.29. The van der Waals surface area contributed by atoms with Crippen molar-refractivity contribution in [3.63, 3.8) is 0 Å². The third kappa shape index (κ3) is 2.70. The van der Waals surface area contributed by atoms with Crippen LogP contribution in [0.25, 0.3) is 0 Å². The number of nitrogens with zero attached hydrogens (tertiary/aromatic N) is 2. The molecule has 0 aliphatic carbocycles. The van der Waals surface area contributed by atoms with Gasteiger partial charge in [-0.1, -0.05) is 11.6 Å². The molecule has 2 N–H and O–H groups in total. The van der Waals surface area contributed by atoms with Crippen LogP contribution in [0.5, 0.6) is 5.75 Å². The third-order valence-electron chi connectivity index (χ3n) is 2.03. The first-order valence-electron chi connectivity index (χ1n) is 4.72. The third-order valence-corrected chi connectivity index (χ3v) is 2.24. The van der Waals surface area contributed by atoms with Gasteiger partial charge in [-0.15, -0.1) is 0 Å². The molecule has 0 spiro atoms. The molecule has 0 unspecified atom stereocenters. The molecule has 0 aliphatic rings. The van der Waals surface area contributed by atoms with Gasteiger partial charge in [0.15, 0.2) is 0 Å². The van der Waals surface area contributed by atoms with Crippen molar-refractivity contribution in [1.82, 2.24) is 9.97 Å². The van der Waals surface area contributed by atoms with Gasteiger partial charge in [0.1, 0.15) is 10.9 Å². The summed E-state index contributed by atoms with van der Waals surface area (Å²) < 4.78 is 0. The summed E-state index contributed by atoms with van der Waals surface area (Å²) >= 11 is 5.68. The first-order valence-corrected chi connectivity index (χ1v) is 5.10. The zero-order valence-electron chi connectivity index (χ0n) is 8.59. The van der Waals surface area contributed by atoms with Crippen LogP contribution in [0.2, 0.25) is 5.15 Å². The highest BCUT2D eigenvalue weighted by Crippen LogP contribution is 2.17. The summed E-state index contributed by atoms with van der Waals surface area (Å²) in [5.74, 6) is -0.614. The number of hydrogen-bond donors (Lipinski definition) is 2. The van der Waals surface area contributed by atoms with E-state index >= 15 is 0 Å². The summed E-state index contributed by atoms with van der Waals surface area (Å²) in [7, 11) is 0. The fraction of sp³-hybridized carbons (Fsp3) is 0. The largest absolute Gasteiger partial charge is 0.505 e. The number of hydrogen-bond acceptors (Lipinski definition) is 4. The second-order valence-electron chi connectivity index (χ2n) is 3.21. The fourth-order valence-electron chi connectivity index (χ4n) is 1.26. The number of aromatic nitrogens is 2. The van der Waals surface area contributed by atoms with Crippen molar-refractivity contribution in [3.8, 4) is 5.75 Å². The molecule has 0 saturated carbocycles. The summed E-state index contributed by atoms with van der Waals surface area (Å²) in [5, 5.41) is 12.3. The molecule has 6 heteroatoms. The van der Waals surface area contributed by atoms with Gasteiger partial charge in [0.25, 0.3) is 5.91 Å². The van der Waals surface area contributed by atoms with Crippen LogP contribution in [0.1, 0.15) is 10.4 Å². The van der Waals surface area contributed by atoms with E-state index in [2.05, 4.69) is 15.3 Å². The van der Waals surface area contributed by atoms with E-state index in [9.17, 15) is 9.90 Å². The van der Waals surface area contributed by atoms with Gasteiger partial charge in [-0.3, -0.25) is 9.78 Å². The number of amides is 1. The van der Waals surface area contributed by atoms with Gasteiger partial charge in [-0.25, -0.2) is 4.98 Å². The summed E-state index contributed by atoms with van der Waals surface area (Å²) in [6, 6.07) is 4.53. The van der Waals surface area contributed by atoms with E-state index in [0.29, 0.717) is 5.69 Å². The molecule has 5 nitrogen and oxygen atoms in total. The Hall–Kier alpha value is -2.14. The number of halogens is 1. The molecule has 0 saturated heterocycles. The van der Waals surface area contributed by atoms with Crippen LogP contribution < -0.4 is 5.32 Å². The van der Waals surface area contributed by atoms with Crippen molar-refractivity contribution in [3.05, 3.63) is 47.5 Å². The predicted octanol–water partition coefficient (Wildman–Crippen LogP) is 2.09. The first kappa shape index (κ1) is 11.3. The Bertz CT molecular complexity index is 560. The van der Waals surface area contributed by atoms with Crippen LogP contribution in [-0.4, -0.2) is 21.0 Å². The Morgan fingerprint density at radius 1 is 1.35 bits per heavy atom. The van der Waals surface area contributed by atoms with Crippen LogP contribution in [0.3, 0.4) is 0 Å². The molecule has 17 heavy (non-hydrogen) atoms. The lowest BCUT2D eigenvalue weighted by Crippen LogP contribution is -2.12. The number of aromatic hydroxyl groups is 1. The van der Waals surface area contributed by atoms with Crippen molar-refractivity contribution in [1.29, 1.82) is 0 Å². The van der Waals surface area contributed by atoms with Gasteiger partial charge >= 0.3 is 0 Å². The molecule has 0 bridgehead atoms. The number of anilines is 1. The lowest BCUT2D eigenvalue weighted by Gasteiger charge is -2.06. The average Bonchev–Trinajstić information content (AvgIpc) is 2.29. The van der Waals surface area contributed by atoms with Gasteiger partial charge in [-0.2, -0.15) is 0 Å². The Labute approximate surface area is 102 Å². The van der Waals surface area contributed by atoms with E-state index in [4.69, 9.17) is 11.6 Å². The molecule has 0 aromatic carbocycles.